The summed E-state index contributed by atoms with van der Waals surface area (Å²) >= 11 is 0. The largest absolute Gasteiger partial charge is 0.504 e. The third kappa shape index (κ3) is 2.84. The third-order valence-corrected chi connectivity index (χ3v) is 4.81. The van der Waals surface area contributed by atoms with Crippen LogP contribution < -0.4 is 4.74 Å². The number of rotatable bonds is 3. The first-order valence-corrected chi connectivity index (χ1v) is 7.80. The van der Waals surface area contributed by atoms with E-state index in [9.17, 15) is 5.11 Å². The Morgan fingerprint density at radius 3 is 2.65 bits per heavy atom. The van der Waals surface area contributed by atoms with Gasteiger partial charge < -0.3 is 9.84 Å². The van der Waals surface area contributed by atoms with Gasteiger partial charge in [-0.15, -0.1) is 0 Å². The second kappa shape index (κ2) is 5.51. The standard InChI is InChI=1S/C18H24O2/c1-14-6-7-17(16(19)11-14)20-13-15-5-4-10-18(12-15)8-2-3-9-18/h6-7,11-12,19H,2-5,8-10,13H2,1H3. The highest BCUT2D eigenvalue weighted by atomic mass is 16.5. The number of phenols is 1. The molecule has 1 spiro atoms. The van der Waals surface area contributed by atoms with Crippen molar-refractivity contribution in [2.75, 3.05) is 6.61 Å². The third-order valence-electron chi connectivity index (χ3n) is 4.81. The molecule has 0 heterocycles. The monoisotopic (exact) mass is 272 g/mol. The van der Waals surface area contributed by atoms with Crippen molar-refractivity contribution in [1.82, 2.24) is 0 Å². The molecule has 0 amide bonds. The van der Waals surface area contributed by atoms with Crippen molar-refractivity contribution in [1.29, 1.82) is 0 Å². The number of ether oxygens (including phenoxy) is 1. The highest BCUT2D eigenvalue weighted by Gasteiger charge is 2.33. The lowest BCUT2D eigenvalue weighted by Crippen LogP contribution is -2.19. The molecule has 0 aromatic heterocycles. The van der Waals surface area contributed by atoms with Crippen LogP contribution in [0.3, 0.4) is 0 Å². The fraction of sp³-hybridized carbons (Fsp3) is 0.556. The molecule has 0 radical (unpaired) electrons. The van der Waals surface area contributed by atoms with Crippen LogP contribution in [0.4, 0.5) is 0 Å². The Morgan fingerprint density at radius 1 is 1.15 bits per heavy atom. The predicted octanol–water partition coefficient (Wildman–Crippen LogP) is 4.75. The lowest BCUT2D eigenvalue weighted by molar-refractivity contribution is 0.292. The van der Waals surface area contributed by atoms with Gasteiger partial charge in [0.2, 0.25) is 0 Å². The highest BCUT2D eigenvalue weighted by molar-refractivity contribution is 5.41. The minimum absolute atomic E-state index is 0.247. The summed E-state index contributed by atoms with van der Waals surface area (Å²) in [5, 5.41) is 9.88. The van der Waals surface area contributed by atoms with Gasteiger partial charge in [0.25, 0.3) is 0 Å². The van der Waals surface area contributed by atoms with Gasteiger partial charge in [-0.05, 0) is 67.7 Å². The average Bonchev–Trinajstić information content (AvgIpc) is 2.86. The molecule has 1 N–H and O–H groups in total. The molecular weight excluding hydrogens is 248 g/mol. The maximum Gasteiger partial charge on any atom is 0.161 e. The molecule has 3 rings (SSSR count). The van der Waals surface area contributed by atoms with Gasteiger partial charge in [0.05, 0.1) is 0 Å². The van der Waals surface area contributed by atoms with Crippen LogP contribution in [0.15, 0.2) is 29.8 Å². The number of aryl methyl sites for hydroxylation is 1. The summed E-state index contributed by atoms with van der Waals surface area (Å²) in [5.41, 5.74) is 2.95. The van der Waals surface area contributed by atoms with Gasteiger partial charge in [-0.3, -0.25) is 0 Å². The molecule has 1 fully saturated rings. The van der Waals surface area contributed by atoms with Gasteiger partial charge in [0.15, 0.2) is 11.5 Å². The van der Waals surface area contributed by atoms with Crippen LogP contribution in [-0.4, -0.2) is 11.7 Å². The van der Waals surface area contributed by atoms with Gasteiger partial charge in [0.1, 0.15) is 6.61 Å². The summed E-state index contributed by atoms with van der Waals surface area (Å²) in [5.74, 6) is 0.847. The van der Waals surface area contributed by atoms with Gasteiger partial charge in [0, 0.05) is 0 Å². The van der Waals surface area contributed by atoms with E-state index in [-0.39, 0.29) is 5.75 Å². The molecule has 2 nitrogen and oxygen atoms in total. The molecule has 0 bridgehead atoms. The minimum atomic E-state index is 0.247. The molecule has 1 aromatic rings. The van der Waals surface area contributed by atoms with Crippen molar-refractivity contribution in [3.8, 4) is 11.5 Å². The smallest absolute Gasteiger partial charge is 0.161 e. The predicted molar refractivity (Wildman–Crippen MR) is 81.2 cm³/mol. The van der Waals surface area contributed by atoms with Gasteiger partial charge in [-0.2, -0.15) is 0 Å². The van der Waals surface area contributed by atoms with Gasteiger partial charge >= 0.3 is 0 Å². The maximum absolute atomic E-state index is 9.88. The van der Waals surface area contributed by atoms with Gasteiger partial charge in [-0.1, -0.05) is 25.0 Å². The molecule has 20 heavy (non-hydrogen) atoms. The number of aromatic hydroxyl groups is 1. The fourth-order valence-electron chi connectivity index (χ4n) is 3.75. The molecule has 0 saturated heterocycles. The Kier molecular flexibility index (Phi) is 3.73. The average molecular weight is 272 g/mol. The Morgan fingerprint density at radius 2 is 1.90 bits per heavy atom. The molecular formula is C18H24O2. The Balaban J connectivity index is 1.67. The molecule has 1 saturated carbocycles. The lowest BCUT2D eigenvalue weighted by atomic mass is 9.75. The van der Waals surface area contributed by atoms with Crippen LogP contribution in [0.2, 0.25) is 0 Å². The quantitative estimate of drug-likeness (QED) is 0.805. The SMILES string of the molecule is Cc1ccc(OCC2=CC3(CCCC3)CCC2)c(O)c1. The number of phenolic OH excluding ortho intramolecular Hbond substituents is 1. The number of allylic oxidation sites excluding steroid dienone is 1. The topological polar surface area (TPSA) is 29.5 Å². The fourth-order valence-corrected chi connectivity index (χ4v) is 3.75. The van der Waals surface area contributed by atoms with Crippen molar-refractivity contribution in [2.45, 2.75) is 51.9 Å². The number of hydrogen-bond donors (Lipinski definition) is 1. The van der Waals surface area contributed by atoms with Crippen molar-refractivity contribution >= 4 is 0 Å². The van der Waals surface area contributed by atoms with E-state index in [4.69, 9.17) is 4.74 Å². The summed E-state index contributed by atoms with van der Waals surface area (Å²) in [6.07, 6.45) is 11.7. The molecule has 2 heteroatoms. The summed E-state index contributed by atoms with van der Waals surface area (Å²) < 4.78 is 5.82. The van der Waals surface area contributed by atoms with E-state index >= 15 is 0 Å². The summed E-state index contributed by atoms with van der Waals surface area (Å²) in [7, 11) is 0. The zero-order chi connectivity index (χ0) is 14.0. The Hall–Kier alpha value is -1.44. The first-order valence-electron chi connectivity index (χ1n) is 7.80. The van der Waals surface area contributed by atoms with Crippen molar-refractivity contribution in [3.63, 3.8) is 0 Å². The Bertz CT molecular complexity index is 510. The minimum Gasteiger partial charge on any atom is -0.504 e. The molecule has 2 aliphatic carbocycles. The van der Waals surface area contributed by atoms with Crippen LogP contribution >= 0.6 is 0 Å². The van der Waals surface area contributed by atoms with Crippen LogP contribution in [0.1, 0.15) is 50.5 Å². The zero-order valence-electron chi connectivity index (χ0n) is 12.3. The van der Waals surface area contributed by atoms with E-state index < -0.39 is 0 Å². The number of hydrogen-bond acceptors (Lipinski definition) is 2. The molecule has 108 valence electrons. The van der Waals surface area contributed by atoms with Crippen LogP contribution in [0, 0.1) is 12.3 Å². The van der Waals surface area contributed by atoms with Crippen molar-refractivity contribution in [2.24, 2.45) is 5.41 Å². The second-order valence-corrected chi connectivity index (χ2v) is 6.49. The molecule has 2 aliphatic rings. The summed E-state index contributed by atoms with van der Waals surface area (Å²) in [6.45, 7) is 2.59. The van der Waals surface area contributed by atoms with Gasteiger partial charge in [-0.25, -0.2) is 0 Å². The van der Waals surface area contributed by atoms with E-state index in [1.807, 2.05) is 19.1 Å². The van der Waals surface area contributed by atoms with Crippen LogP contribution in [0.25, 0.3) is 0 Å². The van der Waals surface area contributed by atoms with E-state index in [0.29, 0.717) is 17.8 Å². The zero-order valence-corrected chi connectivity index (χ0v) is 12.3. The van der Waals surface area contributed by atoms with E-state index in [1.54, 1.807) is 6.07 Å². The van der Waals surface area contributed by atoms with E-state index in [2.05, 4.69) is 6.08 Å². The number of benzene rings is 1. The van der Waals surface area contributed by atoms with Crippen molar-refractivity contribution < 1.29 is 9.84 Å². The maximum atomic E-state index is 9.88. The first-order chi connectivity index (χ1) is 9.67. The lowest BCUT2D eigenvalue weighted by Gasteiger charge is -2.31. The molecule has 1 aromatic carbocycles. The molecule has 0 aliphatic heterocycles. The first kappa shape index (κ1) is 13.5. The van der Waals surface area contributed by atoms with Crippen LogP contribution in [-0.2, 0) is 0 Å². The summed E-state index contributed by atoms with van der Waals surface area (Å²) in [6, 6.07) is 5.59. The second-order valence-electron chi connectivity index (χ2n) is 6.49. The normalized spacial score (nSPS) is 20.9. The summed E-state index contributed by atoms with van der Waals surface area (Å²) in [4.78, 5) is 0. The Labute approximate surface area is 121 Å². The molecule has 0 unspecified atom stereocenters. The van der Waals surface area contributed by atoms with E-state index in [1.165, 1.54) is 44.1 Å². The van der Waals surface area contributed by atoms with Crippen LogP contribution in [0.5, 0.6) is 11.5 Å². The highest BCUT2D eigenvalue weighted by Crippen LogP contribution is 2.47. The molecule has 0 atom stereocenters. The van der Waals surface area contributed by atoms with E-state index in [0.717, 1.165) is 12.0 Å². The van der Waals surface area contributed by atoms with Crippen molar-refractivity contribution in [3.05, 3.63) is 35.4 Å².